The highest BCUT2D eigenvalue weighted by Gasteiger charge is 2.21. The van der Waals surface area contributed by atoms with Gasteiger partial charge < -0.3 is 15.7 Å². The van der Waals surface area contributed by atoms with E-state index in [1.54, 1.807) is 0 Å². The van der Waals surface area contributed by atoms with Crippen LogP contribution < -0.4 is 10.6 Å². The van der Waals surface area contributed by atoms with Crippen LogP contribution in [0.5, 0.6) is 0 Å². The molecule has 7 heteroatoms. The second-order valence-corrected chi connectivity index (χ2v) is 5.60. The first-order chi connectivity index (χ1) is 9.29. The quantitative estimate of drug-likeness (QED) is 0.765. The Labute approximate surface area is 124 Å². The van der Waals surface area contributed by atoms with E-state index in [0.29, 0.717) is 10.9 Å². The Balaban J connectivity index is 2.70. The number of hydrogen-bond donors (Lipinski definition) is 3. The maximum absolute atomic E-state index is 13.1. The summed E-state index contributed by atoms with van der Waals surface area (Å²) >= 11 is 3.17. The molecule has 1 rings (SSSR count). The predicted octanol–water partition coefficient (Wildman–Crippen LogP) is 3.21. The van der Waals surface area contributed by atoms with Crippen LogP contribution in [-0.4, -0.2) is 23.1 Å². The van der Waals surface area contributed by atoms with Crippen molar-refractivity contribution in [2.75, 3.05) is 5.32 Å². The summed E-state index contributed by atoms with van der Waals surface area (Å²) in [5, 5.41) is 13.8. The van der Waals surface area contributed by atoms with E-state index in [9.17, 15) is 14.0 Å². The molecule has 3 N–H and O–H groups in total. The van der Waals surface area contributed by atoms with Gasteiger partial charge in [0.2, 0.25) is 0 Å². The number of hydrogen-bond acceptors (Lipinski definition) is 2. The number of urea groups is 1. The van der Waals surface area contributed by atoms with Crippen molar-refractivity contribution in [1.82, 2.24) is 5.32 Å². The van der Waals surface area contributed by atoms with Gasteiger partial charge in [-0.15, -0.1) is 0 Å². The first kappa shape index (κ1) is 16.4. The molecule has 0 saturated heterocycles. The number of carboxylic acids is 1. The van der Waals surface area contributed by atoms with E-state index in [0.717, 1.165) is 6.07 Å². The Morgan fingerprint density at radius 3 is 2.60 bits per heavy atom. The number of carboxylic acid groups (broad SMARTS) is 1. The van der Waals surface area contributed by atoms with Crippen LogP contribution in [0.3, 0.4) is 0 Å². The first-order valence-electron chi connectivity index (χ1n) is 6.05. The summed E-state index contributed by atoms with van der Waals surface area (Å²) in [5.41, 5.74) is 0.233. The summed E-state index contributed by atoms with van der Waals surface area (Å²) < 4.78 is 13.6. The summed E-state index contributed by atoms with van der Waals surface area (Å²) in [4.78, 5) is 22.8. The third-order valence-corrected chi connectivity index (χ3v) is 3.18. The lowest BCUT2D eigenvalue weighted by Crippen LogP contribution is -2.43. The molecule has 0 unspecified atom stereocenters. The van der Waals surface area contributed by atoms with Crippen LogP contribution in [0.25, 0.3) is 0 Å². The van der Waals surface area contributed by atoms with Crippen molar-refractivity contribution in [2.45, 2.75) is 26.3 Å². The standard InChI is InChI=1S/C13H16BrFN2O3/c1-7(2)5-11(12(18)19)17-13(20)16-10-6-8(15)3-4-9(10)14/h3-4,6-7,11H,5H2,1-2H3,(H,18,19)(H2,16,17,20)/t11-/m1/s1. The lowest BCUT2D eigenvalue weighted by molar-refractivity contribution is -0.139. The number of nitrogens with one attached hydrogen (secondary N) is 2. The Morgan fingerprint density at radius 2 is 2.05 bits per heavy atom. The third kappa shape index (κ3) is 5.16. The number of benzene rings is 1. The van der Waals surface area contributed by atoms with Gasteiger partial charge in [-0.1, -0.05) is 13.8 Å². The topological polar surface area (TPSA) is 78.4 Å². The van der Waals surface area contributed by atoms with Gasteiger partial charge >= 0.3 is 12.0 Å². The van der Waals surface area contributed by atoms with Crippen LogP contribution >= 0.6 is 15.9 Å². The molecule has 0 aliphatic heterocycles. The van der Waals surface area contributed by atoms with Gasteiger partial charge in [0.05, 0.1) is 5.69 Å². The number of anilines is 1. The van der Waals surface area contributed by atoms with Crippen LogP contribution in [0, 0.1) is 11.7 Å². The third-order valence-electron chi connectivity index (χ3n) is 2.49. The molecule has 0 heterocycles. The number of amides is 2. The highest BCUT2D eigenvalue weighted by Crippen LogP contribution is 2.22. The van der Waals surface area contributed by atoms with E-state index in [-0.39, 0.29) is 11.6 Å². The van der Waals surface area contributed by atoms with E-state index in [4.69, 9.17) is 5.11 Å². The summed E-state index contributed by atoms with van der Waals surface area (Å²) in [6.07, 6.45) is 0.313. The monoisotopic (exact) mass is 346 g/mol. The largest absolute Gasteiger partial charge is 0.480 e. The van der Waals surface area contributed by atoms with Gasteiger partial charge in [0, 0.05) is 4.47 Å². The maximum atomic E-state index is 13.1. The zero-order chi connectivity index (χ0) is 15.3. The van der Waals surface area contributed by atoms with E-state index < -0.39 is 23.9 Å². The van der Waals surface area contributed by atoms with Crippen molar-refractivity contribution < 1.29 is 19.1 Å². The fourth-order valence-corrected chi connectivity index (χ4v) is 1.95. The van der Waals surface area contributed by atoms with Crippen LogP contribution in [0.2, 0.25) is 0 Å². The summed E-state index contributed by atoms with van der Waals surface area (Å²) in [6.45, 7) is 3.72. The molecule has 1 aromatic carbocycles. The minimum absolute atomic E-state index is 0.123. The first-order valence-corrected chi connectivity index (χ1v) is 6.84. The smallest absolute Gasteiger partial charge is 0.326 e. The SMILES string of the molecule is CC(C)C[C@@H](NC(=O)Nc1cc(F)ccc1Br)C(=O)O. The minimum Gasteiger partial charge on any atom is -0.480 e. The Kier molecular flexibility index (Phi) is 5.94. The lowest BCUT2D eigenvalue weighted by atomic mass is 10.0. The van der Waals surface area contributed by atoms with Gasteiger partial charge in [0.25, 0.3) is 0 Å². The van der Waals surface area contributed by atoms with Gasteiger partial charge in [-0.2, -0.15) is 0 Å². The molecule has 0 saturated carbocycles. The number of halogens is 2. The van der Waals surface area contributed by atoms with Gasteiger partial charge in [-0.25, -0.2) is 14.0 Å². The zero-order valence-corrected chi connectivity index (χ0v) is 12.7. The zero-order valence-electron chi connectivity index (χ0n) is 11.1. The highest BCUT2D eigenvalue weighted by molar-refractivity contribution is 9.10. The normalized spacial score (nSPS) is 12.1. The van der Waals surface area contributed by atoms with Crippen molar-refractivity contribution in [3.8, 4) is 0 Å². The Hall–Kier alpha value is -1.63. The minimum atomic E-state index is -1.10. The van der Waals surface area contributed by atoms with E-state index in [2.05, 4.69) is 26.6 Å². The Bertz CT molecular complexity index is 508. The Morgan fingerprint density at radius 1 is 1.40 bits per heavy atom. The highest BCUT2D eigenvalue weighted by atomic mass is 79.9. The second kappa shape index (κ2) is 7.23. The van der Waals surface area contributed by atoms with E-state index >= 15 is 0 Å². The summed E-state index contributed by atoms with van der Waals surface area (Å²) in [6, 6.07) is 2.16. The molecule has 0 aliphatic rings. The number of carbonyl (C=O) groups is 2. The van der Waals surface area contributed by atoms with Crippen LogP contribution in [-0.2, 0) is 4.79 Å². The molecule has 0 bridgehead atoms. The molecule has 1 aromatic rings. The molecular weight excluding hydrogens is 331 g/mol. The van der Waals surface area contributed by atoms with E-state index in [1.807, 2.05) is 13.8 Å². The maximum Gasteiger partial charge on any atom is 0.326 e. The average Bonchev–Trinajstić information content (AvgIpc) is 2.32. The van der Waals surface area contributed by atoms with Crippen molar-refractivity contribution in [3.05, 3.63) is 28.5 Å². The average molecular weight is 347 g/mol. The molecular formula is C13H16BrFN2O3. The number of carbonyl (C=O) groups excluding carboxylic acids is 1. The van der Waals surface area contributed by atoms with Crippen LogP contribution in [0.15, 0.2) is 22.7 Å². The molecule has 0 aromatic heterocycles. The van der Waals surface area contributed by atoms with E-state index in [1.165, 1.54) is 12.1 Å². The molecule has 0 radical (unpaired) electrons. The number of rotatable bonds is 5. The molecule has 5 nitrogen and oxygen atoms in total. The molecule has 1 atom stereocenters. The summed E-state index contributed by atoms with van der Waals surface area (Å²) in [5.74, 6) is -1.48. The van der Waals surface area contributed by atoms with Gasteiger partial charge in [-0.05, 0) is 46.5 Å². The lowest BCUT2D eigenvalue weighted by Gasteiger charge is -2.17. The molecule has 20 heavy (non-hydrogen) atoms. The van der Waals surface area contributed by atoms with Crippen molar-refractivity contribution in [2.24, 2.45) is 5.92 Å². The molecule has 2 amide bonds. The van der Waals surface area contributed by atoms with Crippen LogP contribution in [0.4, 0.5) is 14.9 Å². The van der Waals surface area contributed by atoms with Crippen molar-refractivity contribution >= 4 is 33.6 Å². The molecule has 0 aliphatic carbocycles. The van der Waals surface area contributed by atoms with Crippen molar-refractivity contribution in [1.29, 1.82) is 0 Å². The molecule has 0 fully saturated rings. The number of aliphatic carboxylic acids is 1. The molecule has 110 valence electrons. The second-order valence-electron chi connectivity index (χ2n) is 4.74. The van der Waals surface area contributed by atoms with Gasteiger partial charge in [0.1, 0.15) is 11.9 Å². The summed E-state index contributed by atoms with van der Waals surface area (Å²) in [7, 11) is 0. The van der Waals surface area contributed by atoms with Crippen molar-refractivity contribution in [3.63, 3.8) is 0 Å². The predicted molar refractivity (Wildman–Crippen MR) is 77.1 cm³/mol. The molecule has 0 spiro atoms. The fraction of sp³-hybridized carbons (Fsp3) is 0.385. The fourth-order valence-electron chi connectivity index (χ4n) is 1.60. The van der Waals surface area contributed by atoms with Gasteiger partial charge in [0.15, 0.2) is 0 Å². The van der Waals surface area contributed by atoms with Gasteiger partial charge in [-0.3, -0.25) is 0 Å². The van der Waals surface area contributed by atoms with Crippen LogP contribution in [0.1, 0.15) is 20.3 Å².